The summed E-state index contributed by atoms with van der Waals surface area (Å²) in [4.78, 5) is 38.6. The molecule has 3 heterocycles. The van der Waals surface area contributed by atoms with Crippen molar-refractivity contribution in [3.63, 3.8) is 0 Å². The number of allylic oxidation sites excluding steroid dienone is 3. The summed E-state index contributed by atoms with van der Waals surface area (Å²) >= 11 is 0. The molecule has 14 N–H and O–H groups in total. The zero-order valence-corrected chi connectivity index (χ0v) is 57.6. The minimum Gasteiger partial charge on any atom is -0.477 e. The SMILES string of the molecule is CCCCCCCC/C=C\CCCCCCCCCC(=O)NC(COC1OC(CO)C(OC2OC(CO)C(O)C(OC3(C(=O)O)CC(O)C(NC(C)=O)C(C(O)C(O)CO)O3)C2O)C(O)C1O)C(O)/C=C/CCCCCCCCCCCCCCCCCCCCCCC. The number of carboxylic acids is 1. The lowest BCUT2D eigenvalue weighted by molar-refractivity contribution is -0.386. The summed E-state index contributed by atoms with van der Waals surface area (Å²) in [7, 11) is 0. The fourth-order valence-corrected chi connectivity index (χ4v) is 12.8. The van der Waals surface area contributed by atoms with E-state index in [0.717, 1.165) is 77.6 Å². The largest absolute Gasteiger partial charge is 0.477 e. The molecule has 3 aliphatic heterocycles. The molecule has 0 aromatic heterocycles. The van der Waals surface area contributed by atoms with E-state index in [1.165, 1.54) is 154 Å². The van der Waals surface area contributed by atoms with Crippen LogP contribution in [0.1, 0.15) is 271 Å². The van der Waals surface area contributed by atoms with Gasteiger partial charge in [0.15, 0.2) is 12.6 Å². The monoisotopic (exact) mass is 1350 g/mol. The third-order valence-corrected chi connectivity index (χ3v) is 18.6. The van der Waals surface area contributed by atoms with Crippen molar-refractivity contribution in [2.75, 3.05) is 26.4 Å². The minimum atomic E-state index is -3.08. The first-order valence-corrected chi connectivity index (χ1v) is 36.7. The van der Waals surface area contributed by atoms with Crippen LogP contribution in [-0.2, 0) is 42.8 Å². The first-order chi connectivity index (χ1) is 45.4. The number of hydrogen-bond donors (Lipinski definition) is 14. The number of rotatable bonds is 56. The summed E-state index contributed by atoms with van der Waals surface area (Å²) in [6.07, 6.45) is 23.6. The lowest BCUT2D eigenvalue weighted by atomic mass is 9.88. The highest BCUT2D eigenvalue weighted by Gasteiger charge is 2.60. The molecular formula is C71H130N2O21. The Morgan fingerprint density at radius 2 is 1.00 bits per heavy atom. The lowest BCUT2D eigenvalue weighted by Crippen LogP contribution is -2.70. The van der Waals surface area contributed by atoms with Crippen LogP contribution in [0.3, 0.4) is 0 Å². The molecule has 0 aliphatic carbocycles. The maximum absolute atomic E-state index is 13.5. The van der Waals surface area contributed by atoms with Crippen molar-refractivity contribution in [1.29, 1.82) is 0 Å². The van der Waals surface area contributed by atoms with Gasteiger partial charge in [0.1, 0.15) is 67.1 Å². The second-order valence-corrected chi connectivity index (χ2v) is 26.8. The van der Waals surface area contributed by atoms with Gasteiger partial charge in [-0.3, -0.25) is 9.59 Å². The quantitative estimate of drug-likeness (QED) is 0.0205. The maximum atomic E-state index is 13.5. The lowest BCUT2D eigenvalue weighted by Gasteiger charge is -2.50. The Bertz CT molecular complexity index is 1990. The van der Waals surface area contributed by atoms with Gasteiger partial charge in [-0.25, -0.2) is 4.79 Å². The molecule has 3 saturated heterocycles. The number of aliphatic carboxylic acids is 1. The smallest absolute Gasteiger partial charge is 0.364 e. The van der Waals surface area contributed by atoms with Gasteiger partial charge in [0, 0.05) is 19.8 Å². The molecule has 0 saturated carbocycles. The molecule has 3 fully saturated rings. The molecule has 23 nitrogen and oxygen atoms in total. The van der Waals surface area contributed by atoms with Crippen LogP contribution in [0, 0.1) is 0 Å². The van der Waals surface area contributed by atoms with E-state index in [-0.39, 0.29) is 12.3 Å². The molecule has 3 rings (SSSR count). The van der Waals surface area contributed by atoms with E-state index in [4.69, 9.17) is 28.4 Å². The molecule has 0 radical (unpaired) electrons. The van der Waals surface area contributed by atoms with Crippen LogP contribution in [0.2, 0.25) is 0 Å². The highest BCUT2D eigenvalue weighted by Crippen LogP contribution is 2.39. The van der Waals surface area contributed by atoms with Crippen molar-refractivity contribution in [1.82, 2.24) is 10.6 Å². The summed E-state index contributed by atoms with van der Waals surface area (Å²) in [6, 6.07) is -2.62. The molecule has 0 spiro atoms. The van der Waals surface area contributed by atoms with Crippen molar-refractivity contribution in [3.8, 4) is 0 Å². The third kappa shape index (κ3) is 32.9. The Labute approximate surface area is 562 Å². The van der Waals surface area contributed by atoms with Gasteiger partial charge < -0.3 is 100 Å². The van der Waals surface area contributed by atoms with E-state index >= 15 is 0 Å². The zero-order valence-electron chi connectivity index (χ0n) is 57.6. The summed E-state index contributed by atoms with van der Waals surface area (Å²) in [5.41, 5.74) is 0. The van der Waals surface area contributed by atoms with Gasteiger partial charge in [0.2, 0.25) is 11.8 Å². The summed E-state index contributed by atoms with van der Waals surface area (Å²) in [5, 5.41) is 136. The van der Waals surface area contributed by atoms with Gasteiger partial charge in [-0.15, -0.1) is 0 Å². The average Bonchev–Trinajstić information content (AvgIpc) is 0.762. The van der Waals surface area contributed by atoms with Crippen molar-refractivity contribution in [2.24, 2.45) is 0 Å². The van der Waals surface area contributed by atoms with Gasteiger partial charge >= 0.3 is 5.97 Å². The van der Waals surface area contributed by atoms with E-state index in [1.807, 2.05) is 6.08 Å². The third-order valence-electron chi connectivity index (χ3n) is 18.6. The molecule has 0 bridgehead atoms. The van der Waals surface area contributed by atoms with Crippen LogP contribution in [0.4, 0.5) is 0 Å². The fraction of sp³-hybridized carbons (Fsp3) is 0.901. The predicted molar refractivity (Wildman–Crippen MR) is 357 cm³/mol. The van der Waals surface area contributed by atoms with Gasteiger partial charge in [-0.2, -0.15) is 0 Å². The average molecular weight is 1350 g/mol. The van der Waals surface area contributed by atoms with E-state index in [9.17, 15) is 75.7 Å². The van der Waals surface area contributed by atoms with E-state index in [2.05, 4.69) is 36.6 Å². The number of unbranched alkanes of at least 4 members (excludes halogenated alkanes) is 34. The number of carbonyl (C=O) groups is 3. The first kappa shape index (κ1) is 85.4. The maximum Gasteiger partial charge on any atom is 0.364 e. The number of hydrogen-bond acceptors (Lipinski definition) is 20. The van der Waals surface area contributed by atoms with Crippen molar-refractivity contribution < 1.29 is 104 Å². The molecule has 94 heavy (non-hydrogen) atoms. The second-order valence-electron chi connectivity index (χ2n) is 26.8. The topological polar surface area (TPSA) is 373 Å². The van der Waals surface area contributed by atoms with E-state index in [0.29, 0.717) is 12.8 Å². The number of nitrogens with one attached hydrogen (secondary N) is 2. The zero-order chi connectivity index (χ0) is 68.9. The minimum absolute atomic E-state index is 0.196. The normalized spacial score (nSPS) is 28.0. The number of carboxylic acid groups (broad SMARTS) is 1. The predicted octanol–water partition coefficient (Wildman–Crippen LogP) is 7.62. The standard InChI is InChI=1S/C71H130N2O21/c1-4-6-8-10-12-14-16-18-20-22-23-24-25-26-27-29-30-32-34-36-38-40-42-44-53(78)52(73-58(81)45-43-41-39-37-35-33-31-28-21-19-17-15-13-11-9-7-5-2)50-89-68-63(85)62(84)65(57(49-76)91-68)92-69-64(86)67(61(83)56(48-75)90-69)94-71(70(87)88)46-54(79)59(72-51(3)77)66(93-71)60(82)55(80)47-74/h19,21,42,44,52-57,59-69,74-76,78-80,82-86H,4-18,20,22-41,43,45-50H2,1-3H3,(H,72,77)(H,73,81)(H,87,88)/b21-19-,44-42+. The first-order valence-electron chi connectivity index (χ1n) is 36.7. The number of amides is 2. The Kier molecular flexibility index (Phi) is 46.7. The van der Waals surface area contributed by atoms with Crippen molar-refractivity contribution in [2.45, 2.75) is 381 Å². The van der Waals surface area contributed by atoms with Crippen LogP contribution in [0.15, 0.2) is 24.3 Å². The van der Waals surface area contributed by atoms with Gasteiger partial charge in [0.25, 0.3) is 5.79 Å². The van der Waals surface area contributed by atoms with Crippen molar-refractivity contribution in [3.05, 3.63) is 24.3 Å². The number of ether oxygens (including phenoxy) is 6. The highest BCUT2D eigenvalue weighted by molar-refractivity contribution is 5.77. The van der Waals surface area contributed by atoms with E-state index < -0.39 is 155 Å². The summed E-state index contributed by atoms with van der Waals surface area (Å²) in [5.74, 6) is -6.14. The molecule has 0 aromatic rings. The summed E-state index contributed by atoms with van der Waals surface area (Å²) < 4.78 is 34.8. The Balaban J connectivity index is 1.58. The molecule has 0 aromatic carbocycles. The number of aliphatic hydroxyl groups excluding tert-OH is 11. The van der Waals surface area contributed by atoms with Gasteiger partial charge in [-0.1, -0.05) is 231 Å². The Hall–Kier alpha value is -2.79. The van der Waals surface area contributed by atoms with Gasteiger partial charge in [0.05, 0.1) is 50.7 Å². The van der Waals surface area contributed by atoms with Gasteiger partial charge in [-0.05, 0) is 44.9 Å². The van der Waals surface area contributed by atoms with Crippen LogP contribution >= 0.6 is 0 Å². The molecule has 2 amide bonds. The fourth-order valence-electron chi connectivity index (χ4n) is 12.8. The Morgan fingerprint density at radius 1 is 0.553 bits per heavy atom. The molecule has 3 aliphatic rings. The van der Waals surface area contributed by atoms with Crippen LogP contribution in [0.5, 0.6) is 0 Å². The van der Waals surface area contributed by atoms with Crippen LogP contribution in [-0.4, -0.2) is 215 Å². The number of carbonyl (C=O) groups excluding carboxylic acids is 2. The van der Waals surface area contributed by atoms with Crippen molar-refractivity contribution >= 4 is 17.8 Å². The molecule has 18 atom stereocenters. The number of aliphatic hydroxyl groups is 11. The molecule has 18 unspecified atom stereocenters. The molecule has 550 valence electrons. The van der Waals surface area contributed by atoms with Crippen LogP contribution < -0.4 is 10.6 Å². The highest BCUT2D eigenvalue weighted by atomic mass is 16.8. The molecular weight excluding hydrogens is 1220 g/mol. The molecule has 23 heteroatoms. The second kappa shape index (κ2) is 51.4. The summed E-state index contributed by atoms with van der Waals surface area (Å²) in [6.45, 7) is 2.15. The van der Waals surface area contributed by atoms with E-state index in [1.54, 1.807) is 6.08 Å². The Morgan fingerprint density at radius 3 is 1.45 bits per heavy atom. The van der Waals surface area contributed by atoms with Crippen LogP contribution in [0.25, 0.3) is 0 Å².